The number of rotatable bonds is 8. The molecule has 8 nitrogen and oxygen atoms in total. The van der Waals surface area contributed by atoms with Crippen molar-refractivity contribution < 1.29 is 23.1 Å². The van der Waals surface area contributed by atoms with Gasteiger partial charge in [-0.05, 0) is 36.4 Å². The molecule has 0 saturated heterocycles. The molecule has 2 N–H and O–H groups in total. The number of halogens is 2. The molecule has 0 aliphatic heterocycles. The topological polar surface area (TPSA) is 98.1 Å². The van der Waals surface area contributed by atoms with Gasteiger partial charge in [0, 0.05) is 12.6 Å². The highest BCUT2D eigenvalue weighted by molar-refractivity contribution is 7.99. The Morgan fingerprint density at radius 3 is 2.42 bits per heavy atom. The van der Waals surface area contributed by atoms with Crippen LogP contribution in [0.3, 0.4) is 0 Å². The van der Waals surface area contributed by atoms with Crippen LogP contribution in [0.4, 0.5) is 14.5 Å². The minimum atomic E-state index is -0.855. The number of amides is 2. The number of nitrogens with zero attached hydrogens (tertiary/aromatic N) is 3. The van der Waals surface area contributed by atoms with E-state index in [0.717, 1.165) is 23.9 Å². The maximum Gasteiger partial charge on any atom is 0.251 e. The number of ether oxygens (including phenoxy) is 1. The van der Waals surface area contributed by atoms with Crippen LogP contribution in [0.1, 0.15) is 16.2 Å². The van der Waals surface area contributed by atoms with E-state index < -0.39 is 23.2 Å². The lowest BCUT2D eigenvalue weighted by Crippen LogP contribution is -2.24. The Balaban J connectivity index is 1.53. The standard InChI is InChI=1S/C20H19F2N5O3S/c1-27-16(10-23-19(29)12-6-8-13(30-2)9-7-12)25-26-20(27)31-11-17(28)24-18-14(21)4-3-5-15(18)22/h3-9H,10-11H2,1-2H3,(H,23,29)(H,24,28). The summed E-state index contributed by atoms with van der Waals surface area (Å²) in [6, 6.07) is 9.98. The number of carbonyl (C=O) groups excluding carboxylic acids is 2. The van der Waals surface area contributed by atoms with Crippen LogP contribution in [0.15, 0.2) is 47.6 Å². The Morgan fingerprint density at radius 1 is 1.10 bits per heavy atom. The SMILES string of the molecule is COc1ccc(C(=O)NCc2nnc(SCC(=O)Nc3c(F)cccc3F)n2C)cc1. The van der Waals surface area contributed by atoms with Crippen LogP contribution in [-0.2, 0) is 18.4 Å². The molecule has 0 bridgehead atoms. The largest absolute Gasteiger partial charge is 0.497 e. The second kappa shape index (κ2) is 10.0. The minimum Gasteiger partial charge on any atom is -0.497 e. The third-order valence-corrected chi connectivity index (χ3v) is 5.26. The normalized spacial score (nSPS) is 10.6. The molecule has 0 radical (unpaired) electrons. The van der Waals surface area contributed by atoms with Gasteiger partial charge >= 0.3 is 0 Å². The molecule has 0 unspecified atom stereocenters. The van der Waals surface area contributed by atoms with Gasteiger partial charge < -0.3 is 19.9 Å². The van der Waals surface area contributed by atoms with E-state index in [-0.39, 0.29) is 18.2 Å². The molecule has 1 aromatic heterocycles. The van der Waals surface area contributed by atoms with E-state index in [1.807, 2.05) is 0 Å². The van der Waals surface area contributed by atoms with Crippen LogP contribution in [-0.4, -0.2) is 39.4 Å². The van der Waals surface area contributed by atoms with Gasteiger partial charge in [0.25, 0.3) is 5.91 Å². The lowest BCUT2D eigenvalue weighted by Gasteiger charge is -2.08. The number of carbonyl (C=O) groups is 2. The van der Waals surface area contributed by atoms with Gasteiger partial charge in [-0.3, -0.25) is 9.59 Å². The highest BCUT2D eigenvalue weighted by Crippen LogP contribution is 2.20. The number of thioether (sulfide) groups is 1. The van der Waals surface area contributed by atoms with Crippen molar-refractivity contribution in [2.45, 2.75) is 11.7 Å². The number of benzene rings is 2. The predicted molar refractivity (Wildman–Crippen MR) is 111 cm³/mol. The first kappa shape index (κ1) is 22.2. The predicted octanol–water partition coefficient (Wildman–Crippen LogP) is 2.76. The lowest BCUT2D eigenvalue weighted by molar-refractivity contribution is -0.113. The van der Waals surface area contributed by atoms with Crippen molar-refractivity contribution in [2.75, 3.05) is 18.2 Å². The second-order valence-electron chi connectivity index (χ2n) is 6.30. The number of aromatic nitrogens is 3. The zero-order chi connectivity index (χ0) is 22.4. The molecule has 1 heterocycles. The highest BCUT2D eigenvalue weighted by atomic mass is 32.2. The first-order valence-electron chi connectivity index (χ1n) is 9.06. The van der Waals surface area contributed by atoms with Crippen molar-refractivity contribution in [3.63, 3.8) is 0 Å². The van der Waals surface area contributed by atoms with E-state index in [1.54, 1.807) is 43.0 Å². The molecule has 0 spiro atoms. The Morgan fingerprint density at radius 2 is 1.77 bits per heavy atom. The van der Waals surface area contributed by atoms with Crippen LogP contribution in [0.25, 0.3) is 0 Å². The third kappa shape index (κ3) is 5.57. The fourth-order valence-corrected chi connectivity index (χ4v) is 3.28. The molecule has 31 heavy (non-hydrogen) atoms. The molecule has 3 aromatic rings. The number of para-hydroxylation sites is 1. The second-order valence-corrected chi connectivity index (χ2v) is 7.25. The lowest BCUT2D eigenvalue weighted by atomic mass is 10.2. The maximum absolute atomic E-state index is 13.6. The summed E-state index contributed by atoms with van der Waals surface area (Å²) in [6.45, 7) is 0.127. The van der Waals surface area contributed by atoms with E-state index >= 15 is 0 Å². The maximum atomic E-state index is 13.6. The highest BCUT2D eigenvalue weighted by Gasteiger charge is 2.15. The zero-order valence-electron chi connectivity index (χ0n) is 16.7. The first-order valence-corrected chi connectivity index (χ1v) is 10.0. The fraction of sp³-hybridized carbons (Fsp3) is 0.200. The Hall–Kier alpha value is -3.47. The molecule has 0 atom stereocenters. The van der Waals surface area contributed by atoms with Gasteiger partial charge in [0.15, 0.2) is 11.0 Å². The summed E-state index contributed by atoms with van der Waals surface area (Å²) in [4.78, 5) is 24.3. The third-order valence-electron chi connectivity index (χ3n) is 4.24. The minimum absolute atomic E-state index is 0.127. The Kier molecular flexibility index (Phi) is 7.19. The van der Waals surface area contributed by atoms with Crippen molar-refractivity contribution in [1.29, 1.82) is 0 Å². The molecule has 0 saturated carbocycles. The summed E-state index contributed by atoms with van der Waals surface area (Å²) in [6.07, 6.45) is 0. The summed E-state index contributed by atoms with van der Waals surface area (Å²) >= 11 is 1.05. The summed E-state index contributed by atoms with van der Waals surface area (Å²) in [7, 11) is 3.23. The molecule has 2 aromatic carbocycles. The van der Waals surface area contributed by atoms with E-state index in [1.165, 1.54) is 6.07 Å². The Bertz CT molecular complexity index is 1070. The van der Waals surface area contributed by atoms with Gasteiger partial charge in [-0.15, -0.1) is 10.2 Å². The van der Waals surface area contributed by atoms with Crippen LogP contribution in [0, 0.1) is 11.6 Å². The van der Waals surface area contributed by atoms with E-state index in [0.29, 0.717) is 22.3 Å². The van der Waals surface area contributed by atoms with Gasteiger partial charge in [0.2, 0.25) is 5.91 Å². The smallest absolute Gasteiger partial charge is 0.251 e. The molecule has 0 aliphatic carbocycles. The van der Waals surface area contributed by atoms with Gasteiger partial charge in [0.1, 0.15) is 23.1 Å². The molecule has 162 valence electrons. The molecule has 11 heteroatoms. The molecular formula is C20H19F2N5O3S. The van der Waals surface area contributed by atoms with Crippen LogP contribution < -0.4 is 15.4 Å². The number of hydrogen-bond donors (Lipinski definition) is 2. The van der Waals surface area contributed by atoms with Crippen molar-refractivity contribution in [1.82, 2.24) is 20.1 Å². The van der Waals surface area contributed by atoms with E-state index in [2.05, 4.69) is 20.8 Å². The van der Waals surface area contributed by atoms with E-state index in [4.69, 9.17) is 4.74 Å². The van der Waals surface area contributed by atoms with Crippen molar-refractivity contribution in [2.24, 2.45) is 7.05 Å². The van der Waals surface area contributed by atoms with Gasteiger partial charge in [-0.1, -0.05) is 17.8 Å². The number of nitrogens with one attached hydrogen (secondary N) is 2. The number of methoxy groups -OCH3 is 1. The molecule has 0 aliphatic rings. The molecule has 3 rings (SSSR count). The summed E-state index contributed by atoms with van der Waals surface area (Å²) in [5, 5.41) is 13.4. The Labute approximate surface area is 181 Å². The summed E-state index contributed by atoms with van der Waals surface area (Å²) < 4.78 is 33.9. The quantitative estimate of drug-likeness (QED) is 0.516. The van der Waals surface area contributed by atoms with E-state index in [9.17, 15) is 18.4 Å². The van der Waals surface area contributed by atoms with Crippen molar-refractivity contribution in [3.8, 4) is 5.75 Å². The number of hydrogen-bond acceptors (Lipinski definition) is 6. The first-order chi connectivity index (χ1) is 14.9. The molecule has 0 fully saturated rings. The fourth-order valence-electron chi connectivity index (χ4n) is 2.55. The zero-order valence-corrected chi connectivity index (χ0v) is 17.5. The van der Waals surface area contributed by atoms with Crippen LogP contribution >= 0.6 is 11.8 Å². The summed E-state index contributed by atoms with van der Waals surface area (Å²) in [5.41, 5.74) is -0.0254. The van der Waals surface area contributed by atoms with Crippen LogP contribution in [0.5, 0.6) is 5.75 Å². The average Bonchev–Trinajstić information content (AvgIpc) is 3.12. The number of anilines is 1. The van der Waals surface area contributed by atoms with Crippen molar-refractivity contribution >= 4 is 29.3 Å². The van der Waals surface area contributed by atoms with Gasteiger partial charge in [0.05, 0.1) is 19.4 Å². The average molecular weight is 447 g/mol. The van der Waals surface area contributed by atoms with Crippen molar-refractivity contribution in [3.05, 3.63) is 65.5 Å². The van der Waals surface area contributed by atoms with Gasteiger partial charge in [-0.25, -0.2) is 8.78 Å². The monoisotopic (exact) mass is 447 g/mol. The molecular weight excluding hydrogens is 428 g/mol. The molecule has 2 amide bonds. The van der Waals surface area contributed by atoms with Crippen LogP contribution in [0.2, 0.25) is 0 Å². The summed E-state index contributed by atoms with van der Waals surface area (Å²) in [5.74, 6) is -1.59. The van der Waals surface area contributed by atoms with Gasteiger partial charge in [-0.2, -0.15) is 0 Å².